The molecule has 37 heavy (non-hydrogen) atoms. The van der Waals surface area contributed by atoms with Crippen molar-refractivity contribution in [1.29, 1.82) is 0 Å². The average Bonchev–Trinajstić information content (AvgIpc) is 2.98. The maximum atomic E-state index is 12.8. The van der Waals surface area contributed by atoms with Crippen molar-refractivity contribution in [3.05, 3.63) is 0 Å². The van der Waals surface area contributed by atoms with E-state index in [-0.39, 0.29) is 31.1 Å². The number of carbonyl (C=O) groups excluding carboxylic acids is 2. The van der Waals surface area contributed by atoms with E-state index in [2.05, 4.69) is 10.5 Å². The number of carbonyl (C=O) groups is 4. The first-order chi connectivity index (χ1) is 17.0. The molecule has 208 valence electrons. The zero-order valence-corrected chi connectivity index (χ0v) is 22.2. The summed E-state index contributed by atoms with van der Waals surface area (Å²) in [5.74, 6) is -0.650. The van der Waals surface area contributed by atoms with E-state index in [9.17, 15) is 34.6 Å². The van der Waals surface area contributed by atoms with Crippen LogP contribution < -0.4 is 5.48 Å². The molecule has 0 spiro atoms. The highest BCUT2D eigenvalue weighted by Gasteiger charge is 2.47. The van der Waals surface area contributed by atoms with Gasteiger partial charge in [-0.15, -0.1) is 4.99 Å². The molecule has 0 radical (unpaired) electrons. The second kappa shape index (κ2) is 10.3. The summed E-state index contributed by atoms with van der Waals surface area (Å²) in [6.45, 7) is 11.3. The monoisotopic (exact) mass is 526 g/mol. The maximum absolute atomic E-state index is 12.8. The van der Waals surface area contributed by atoms with Gasteiger partial charge in [0.2, 0.25) is 5.96 Å². The van der Waals surface area contributed by atoms with Gasteiger partial charge in [0.15, 0.2) is 0 Å². The molecule has 3 heterocycles. The second-order valence-electron chi connectivity index (χ2n) is 11.8. The highest BCUT2D eigenvalue weighted by molar-refractivity contribution is 5.99. The fourth-order valence-electron chi connectivity index (χ4n) is 5.23. The predicted molar refractivity (Wildman–Crippen MR) is 130 cm³/mol. The molecule has 0 saturated carbocycles. The molecule has 4 N–H and O–H groups in total. The summed E-state index contributed by atoms with van der Waals surface area (Å²) in [5, 5.41) is 29.9. The number of fused-ring (bicyclic) bond motifs is 2. The SMILES string of the molecule is CC(C)(C)C1CC(ONC(=O)[C@@H]2CC[C@@H]3CN2C(=O)N3O)CCN1C(=NC(=O)O)N(C(=O)O)C(C)(C)C. The van der Waals surface area contributed by atoms with Gasteiger partial charge < -0.3 is 20.0 Å². The Morgan fingerprint density at radius 1 is 1.08 bits per heavy atom. The van der Waals surface area contributed by atoms with Crippen LogP contribution in [-0.2, 0) is 9.63 Å². The number of hydrogen-bond donors (Lipinski definition) is 4. The van der Waals surface area contributed by atoms with Crippen LogP contribution in [-0.4, -0.2) is 108 Å². The van der Waals surface area contributed by atoms with Crippen LogP contribution in [0.3, 0.4) is 0 Å². The van der Waals surface area contributed by atoms with E-state index in [0.29, 0.717) is 30.7 Å². The van der Waals surface area contributed by atoms with Gasteiger partial charge in [-0.1, -0.05) is 20.8 Å². The van der Waals surface area contributed by atoms with Crippen molar-refractivity contribution in [2.24, 2.45) is 10.4 Å². The fraction of sp³-hybridized carbons (Fsp3) is 0.783. The molecule has 3 aliphatic heterocycles. The standard InChI is InChI=1S/C23H38N6O8/c1-22(2,3)16-11-14(37-25-17(30)15-8-7-13-12-27(15)20(33)29(13)36)9-10-26(16)18(24-19(31)32)28(21(34)35)23(4,5)6/h13-16,36H,7-12H2,1-6H3,(H,25,30)(H,31,32)(H,34,35)/t13-,14?,15+,16?/m1/s1. The third-order valence-corrected chi connectivity index (χ3v) is 7.04. The number of likely N-dealkylation sites (tertiary alicyclic amines) is 1. The van der Waals surface area contributed by atoms with Crippen molar-refractivity contribution < 1.29 is 39.4 Å². The van der Waals surface area contributed by atoms with E-state index in [1.54, 1.807) is 25.7 Å². The molecule has 3 aliphatic rings. The van der Waals surface area contributed by atoms with Crippen LogP contribution in [0.1, 0.15) is 67.2 Å². The molecule has 2 unspecified atom stereocenters. The Morgan fingerprint density at radius 2 is 1.73 bits per heavy atom. The summed E-state index contributed by atoms with van der Waals surface area (Å²) in [6, 6.07) is -2.03. The zero-order valence-electron chi connectivity index (χ0n) is 22.2. The van der Waals surface area contributed by atoms with Gasteiger partial charge >= 0.3 is 18.2 Å². The van der Waals surface area contributed by atoms with Gasteiger partial charge in [0.05, 0.1) is 12.1 Å². The molecule has 0 aromatic heterocycles. The summed E-state index contributed by atoms with van der Waals surface area (Å²) >= 11 is 0. The second-order valence-corrected chi connectivity index (χ2v) is 11.8. The minimum absolute atomic E-state index is 0.173. The van der Waals surface area contributed by atoms with Crippen LogP contribution >= 0.6 is 0 Å². The summed E-state index contributed by atoms with van der Waals surface area (Å²) in [7, 11) is 0. The average molecular weight is 527 g/mol. The molecular formula is C23H38N6O8. The number of hydroxylamine groups is 3. The van der Waals surface area contributed by atoms with Crippen molar-refractivity contribution in [3.8, 4) is 0 Å². The minimum Gasteiger partial charge on any atom is -0.465 e. The Hall–Kier alpha value is -3.13. The molecule has 14 nitrogen and oxygen atoms in total. The van der Waals surface area contributed by atoms with E-state index in [4.69, 9.17) is 4.84 Å². The molecule has 3 saturated heterocycles. The van der Waals surface area contributed by atoms with Gasteiger partial charge in [-0.25, -0.2) is 29.8 Å². The Morgan fingerprint density at radius 3 is 2.27 bits per heavy atom. The van der Waals surface area contributed by atoms with Crippen LogP contribution in [0.5, 0.6) is 0 Å². The third kappa shape index (κ3) is 6.06. The summed E-state index contributed by atoms with van der Waals surface area (Å²) < 4.78 is 0. The number of amides is 5. The number of rotatable bonds is 3. The Bertz CT molecular complexity index is 958. The van der Waals surface area contributed by atoms with Gasteiger partial charge in [-0.3, -0.25) is 14.8 Å². The highest BCUT2D eigenvalue weighted by Crippen LogP contribution is 2.35. The number of nitrogens with zero attached hydrogens (tertiary/aromatic N) is 5. The van der Waals surface area contributed by atoms with Crippen molar-refractivity contribution in [1.82, 2.24) is 25.2 Å². The lowest BCUT2D eigenvalue weighted by atomic mass is 9.79. The lowest BCUT2D eigenvalue weighted by molar-refractivity contribution is -0.148. The predicted octanol–water partition coefficient (Wildman–Crippen LogP) is 2.38. The van der Waals surface area contributed by atoms with Gasteiger partial charge in [0.25, 0.3) is 5.91 Å². The third-order valence-electron chi connectivity index (χ3n) is 7.04. The Balaban J connectivity index is 1.75. The van der Waals surface area contributed by atoms with Crippen molar-refractivity contribution in [3.63, 3.8) is 0 Å². The topological polar surface area (TPSA) is 176 Å². The van der Waals surface area contributed by atoms with E-state index >= 15 is 0 Å². The first kappa shape index (κ1) is 28.4. The zero-order chi connectivity index (χ0) is 27.9. The van der Waals surface area contributed by atoms with E-state index in [1.165, 1.54) is 4.90 Å². The largest absolute Gasteiger partial charge is 0.465 e. The van der Waals surface area contributed by atoms with Gasteiger partial charge in [-0.05, 0) is 51.9 Å². The van der Waals surface area contributed by atoms with E-state index in [0.717, 1.165) is 4.90 Å². The minimum atomic E-state index is -1.50. The lowest BCUT2D eigenvalue weighted by Gasteiger charge is -2.49. The molecule has 0 aromatic rings. The maximum Gasteiger partial charge on any atom is 0.434 e. The number of carboxylic acid groups (broad SMARTS) is 2. The normalized spacial score (nSPS) is 26.8. The quantitative estimate of drug-likeness (QED) is 0.186. The van der Waals surface area contributed by atoms with Crippen LogP contribution in [0.2, 0.25) is 0 Å². The lowest BCUT2D eigenvalue weighted by Crippen LogP contribution is -2.62. The number of aliphatic imine (C=N–C) groups is 1. The van der Waals surface area contributed by atoms with Gasteiger partial charge in [-0.2, -0.15) is 0 Å². The van der Waals surface area contributed by atoms with E-state index in [1.807, 2.05) is 20.8 Å². The number of urea groups is 1. The molecule has 5 amide bonds. The van der Waals surface area contributed by atoms with Gasteiger partial charge in [0, 0.05) is 24.7 Å². The fourth-order valence-corrected chi connectivity index (χ4v) is 5.23. The number of nitrogens with one attached hydrogen (secondary N) is 1. The molecule has 4 atom stereocenters. The van der Waals surface area contributed by atoms with Crippen LogP contribution in [0.15, 0.2) is 4.99 Å². The number of guanidine groups is 1. The molecular weight excluding hydrogens is 488 g/mol. The van der Waals surface area contributed by atoms with Crippen LogP contribution in [0.4, 0.5) is 14.4 Å². The molecule has 3 fully saturated rings. The summed E-state index contributed by atoms with van der Waals surface area (Å²) in [4.78, 5) is 62.2. The van der Waals surface area contributed by atoms with Crippen LogP contribution in [0, 0.1) is 5.41 Å². The summed E-state index contributed by atoms with van der Waals surface area (Å²) in [6.07, 6.45) is -1.64. The summed E-state index contributed by atoms with van der Waals surface area (Å²) in [5.41, 5.74) is 1.08. The smallest absolute Gasteiger partial charge is 0.434 e. The number of piperidine rings is 2. The van der Waals surface area contributed by atoms with Crippen LogP contribution in [0.25, 0.3) is 0 Å². The molecule has 2 bridgehead atoms. The highest BCUT2D eigenvalue weighted by atomic mass is 16.7. The van der Waals surface area contributed by atoms with Gasteiger partial charge in [0.1, 0.15) is 6.04 Å². The first-order valence-electron chi connectivity index (χ1n) is 12.4. The molecule has 14 heteroatoms. The molecule has 0 aromatic carbocycles. The molecule has 0 aliphatic carbocycles. The Labute approximate surface area is 215 Å². The molecule has 3 rings (SSSR count). The van der Waals surface area contributed by atoms with Crippen molar-refractivity contribution in [2.75, 3.05) is 13.1 Å². The van der Waals surface area contributed by atoms with E-state index < -0.39 is 47.2 Å². The van der Waals surface area contributed by atoms with Crippen molar-refractivity contribution in [2.45, 2.75) is 97.0 Å². The Kier molecular flexibility index (Phi) is 7.94. The first-order valence-corrected chi connectivity index (χ1v) is 12.4. The number of hydrogen-bond acceptors (Lipinski definition) is 6. The van der Waals surface area contributed by atoms with Crippen molar-refractivity contribution >= 4 is 30.1 Å².